The van der Waals surface area contributed by atoms with Crippen LogP contribution >= 0.6 is 0 Å². The van der Waals surface area contributed by atoms with E-state index in [1.165, 1.54) is 22.1 Å². The highest BCUT2D eigenvalue weighted by atomic mass is 16.7. The van der Waals surface area contributed by atoms with Crippen molar-refractivity contribution in [3.63, 3.8) is 0 Å². The molecule has 2 bridgehead atoms. The van der Waals surface area contributed by atoms with Crippen LogP contribution in [0.1, 0.15) is 24.0 Å². The second-order valence-corrected chi connectivity index (χ2v) is 8.05. The lowest BCUT2D eigenvalue weighted by molar-refractivity contribution is -0.140. The maximum atomic E-state index is 12.8. The summed E-state index contributed by atoms with van der Waals surface area (Å²) in [6.45, 7) is 0.652. The number of hydrazine groups is 1. The molecule has 2 aliphatic rings. The van der Waals surface area contributed by atoms with Crippen molar-refractivity contribution in [3.8, 4) is 5.75 Å². The van der Waals surface area contributed by atoms with E-state index in [4.69, 9.17) is 15.3 Å². The topological polar surface area (TPSA) is 143 Å². The molecule has 0 unspecified atom stereocenters. The number of nitrogens with two attached hydrogens (primary N) is 1. The predicted molar refractivity (Wildman–Crippen MR) is 119 cm³/mol. The third-order valence-corrected chi connectivity index (χ3v) is 5.67. The lowest BCUT2D eigenvalue weighted by atomic mass is 10.0. The van der Waals surface area contributed by atoms with Gasteiger partial charge in [0, 0.05) is 6.54 Å². The van der Waals surface area contributed by atoms with Crippen LogP contribution in [-0.2, 0) is 27.5 Å². The SMILES string of the molecule is NC(=O)Oc1ccc(CC(=O)NNC(=O)[C@@H]2CC[C@@H]3CN2C(=O)N3OCc2ccccc2)cc1. The largest absolute Gasteiger partial charge is 0.411 e. The van der Waals surface area contributed by atoms with Crippen LogP contribution in [0, 0.1) is 0 Å². The first-order valence-corrected chi connectivity index (χ1v) is 10.8. The fourth-order valence-corrected chi connectivity index (χ4v) is 4.02. The van der Waals surface area contributed by atoms with Crippen molar-refractivity contribution in [2.45, 2.75) is 38.0 Å². The lowest BCUT2D eigenvalue weighted by Crippen LogP contribution is -2.54. The van der Waals surface area contributed by atoms with Crippen molar-refractivity contribution < 1.29 is 28.8 Å². The van der Waals surface area contributed by atoms with Gasteiger partial charge in [-0.15, -0.1) is 0 Å². The molecule has 11 heteroatoms. The van der Waals surface area contributed by atoms with Gasteiger partial charge in [-0.3, -0.25) is 25.3 Å². The van der Waals surface area contributed by atoms with Crippen molar-refractivity contribution >= 4 is 23.9 Å². The normalized spacial score (nSPS) is 19.0. The fraction of sp³-hybridized carbons (Fsp3) is 0.304. The van der Waals surface area contributed by atoms with Crippen LogP contribution in [0.3, 0.4) is 0 Å². The first kappa shape index (κ1) is 23.1. The lowest BCUT2D eigenvalue weighted by Gasteiger charge is -2.29. The molecule has 4 rings (SSSR count). The van der Waals surface area contributed by atoms with Crippen LogP contribution in [0.4, 0.5) is 9.59 Å². The van der Waals surface area contributed by atoms with Crippen LogP contribution in [0.15, 0.2) is 54.6 Å². The number of piperidine rings is 1. The number of nitrogens with zero attached hydrogens (tertiary/aromatic N) is 2. The number of hydroxylamine groups is 2. The molecule has 0 spiro atoms. The van der Waals surface area contributed by atoms with Crippen molar-refractivity contribution in [1.29, 1.82) is 0 Å². The second kappa shape index (κ2) is 10.2. The molecule has 0 saturated carbocycles. The van der Waals surface area contributed by atoms with Crippen LogP contribution in [0.5, 0.6) is 5.75 Å². The molecule has 2 saturated heterocycles. The van der Waals surface area contributed by atoms with Crippen LogP contribution in [0.25, 0.3) is 0 Å². The summed E-state index contributed by atoms with van der Waals surface area (Å²) in [5.74, 6) is -0.640. The zero-order chi connectivity index (χ0) is 24.1. The second-order valence-electron chi connectivity index (χ2n) is 8.05. The van der Waals surface area contributed by atoms with Gasteiger partial charge >= 0.3 is 12.1 Å². The summed E-state index contributed by atoms with van der Waals surface area (Å²) >= 11 is 0. The van der Waals surface area contributed by atoms with Gasteiger partial charge in [-0.2, -0.15) is 5.06 Å². The number of carbonyl (C=O) groups is 4. The number of carbonyl (C=O) groups excluding carboxylic acids is 4. The Balaban J connectivity index is 1.25. The van der Waals surface area contributed by atoms with E-state index in [0.717, 1.165) is 5.56 Å². The number of hydrogen-bond donors (Lipinski definition) is 3. The van der Waals surface area contributed by atoms with Crippen LogP contribution in [-0.4, -0.2) is 52.5 Å². The Hall–Kier alpha value is -4.12. The standard InChI is InChI=1S/C23H25N5O6/c24-22(31)34-18-9-6-15(7-10-18)12-20(29)25-26-21(30)19-11-8-17-13-27(19)23(32)28(17)33-14-16-4-2-1-3-5-16/h1-7,9-10,17,19H,8,11-14H2,(H2,24,31)(H,25,29)(H,26,30)/t17-,19+/m1/s1. The van der Waals surface area contributed by atoms with Crippen molar-refractivity contribution in [2.24, 2.45) is 5.73 Å². The molecule has 4 N–H and O–H groups in total. The van der Waals surface area contributed by atoms with E-state index >= 15 is 0 Å². The third kappa shape index (κ3) is 5.44. The third-order valence-electron chi connectivity index (χ3n) is 5.67. The molecule has 34 heavy (non-hydrogen) atoms. The minimum atomic E-state index is -0.926. The Morgan fingerprint density at radius 3 is 2.41 bits per heavy atom. The molecule has 0 aliphatic carbocycles. The molecular weight excluding hydrogens is 442 g/mol. The minimum absolute atomic E-state index is 0.00633. The van der Waals surface area contributed by atoms with Crippen molar-refractivity contribution in [2.75, 3.05) is 6.54 Å². The summed E-state index contributed by atoms with van der Waals surface area (Å²) in [6.07, 6.45) is 0.144. The number of hydrogen-bond acceptors (Lipinski definition) is 6. The Morgan fingerprint density at radius 2 is 1.71 bits per heavy atom. The van der Waals surface area contributed by atoms with Gasteiger partial charge in [0.05, 0.1) is 12.5 Å². The average Bonchev–Trinajstić information content (AvgIpc) is 3.07. The Kier molecular flexibility index (Phi) is 6.93. The molecule has 11 nitrogen and oxygen atoms in total. The highest BCUT2D eigenvalue weighted by molar-refractivity contribution is 5.90. The Bertz CT molecular complexity index is 1060. The summed E-state index contributed by atoms with van der Waals surface area (Å²) in [6, 6.07) is 14.6. The summed E-state index contributed by atoms with van der Waals surface area (Å²) < 4.78 is 4.74. The minimum Gasteiger partial charge on any atom is -0.411 e. The van der Waals surface area contributed by atoms with E-state index < -0.39 is 23.9 Å². The summed E-state index contributed by atoms with van der Waals surface area (Å²) in [5.41, 5.74) is 11.3. The van der Waals surface area contributed by atoms with Crippen molar-refractivity contribution in [1.82, 2.24) is 20.8 Å². The zero-order valence-electron chi connectivity index (χ0n) is 18.3. The molecule has 2 fully saturated rings. The first-order chi connectivity index (χ1) is 16.4. The summed E-state index contributed by atoms with van der Waals surface area (Å²) in [5, 5.41) is 1.35. The predicted octanol–water partition coefficient (Wildman–Crippen LogP) is 1.23. The monoisotopic (exact) mass is 467 g/mol. The van der Waals surface area contributed by atoms with Gasteiger partial charge in [0.1, 0.15) is 18.4 Å². The molecule has 2 aromatic carbocycles. The molecule has 178 valence electrons. The summed E-state index contributed by atoms with van der Waals surface area (Å²) in [7, 11) is 0. The molecule has 5 amide bonds. The molecule has 2 heterocycles. The number of benzene rings is 2. The quantitative estimate of drug-likeness (QED) is 0.523. The number of urea groups is 1. The molecule has 0 radical (unpaired) electrons. The van der Waals surface area contributed by atoms with Gasteiger partial charge in [-0.05, 0) is 36.1 Å². The van der Waals surface area contributed by atoms with E-state index in [-0.39, 0.29) is 30.9 Å². The first-order valence-electron chi connectivity index (χ1n) is 10.8. The van der Waals surface area contributed by atoms with Crippen LogP contribution in [0.2, 0.25) is 0 Å². The van der Waals surface area contributed by atoms with Crippen LogP contribution < -0.4 is 21.3 Å². The number of fused-ring (bicyclic) bond motifs is 2. The highest BCUT2D eigenvalue weighted by Crippen LogP contribution is 2.30. The van der Waals surface area contributed by atoms with Gasteiger partial charge < -0.3 is 15.4 Å². The number of amides is 5. The van der Waals surface area contributed by atoms with E-state index in [1.807, 2.05) is 30.3 Å². The van der Waals surface area contributed by atoms with Gasteiger partial charge in [-0.25, -0.2) is 9.59 Å². The van der Waals surface area contributed by atoms with E-state index in [9.17, 15) is 19.2 Å². The molecule has 0 aromatic heterocycles. The average molecular weight is 467 g/mol. The Labute approximate surface area is 195 Å². The summed E-state index contributed by atoms with van der Waals surface area (Å²) in [4.78, 5) is 55.7. The van der Waals surface area contributed by atoms with E-state index in [1.54, 1.807) is 12.1 Å². The van der Waals surface area contributed by atoms with Gasteiger partial charge in [0.2, 0.25) is 5.91 Å². The van der Waals surface area contributed by atoms with Gasteiger partial charge in [-0.1, -0.05) is 42.5 Å². The smallest absolute Gasteiger partial charge is 0.409 e. The number of nitrogens with one attached hydrogen (secondary N) is 2. The van der Waals surface area contributed by atoms with Crippen molar-refractivity contribution in [3.05, 3.63) is 65.7 Å². The molecule has 2 atom stereocenters. The number of primary amides is 1. The van der Waals surface area contributed by atoms with Gasteiger partial charge in [0.15, 0.2) is 0 Å². The fourth-order valence-electron chi connectivity index (χ4n) is 4.02. The van der Waals surface area contributed by atoms with E-state index in [2.05, 4.69) is 10.9 Å². The maximum Gasteiger partial charge on any atom is 0.409 e. The number of ether oxygens (including phenoxy) is 1. The zero-order valence-corrected chi connectivity index (χ0v) is 18.3. The Morgan fingerprint density at radius 1 is 0.971 bits per heavy atom. The number of rotatable bonds is 7. The molecule has 2 aliphatic heterocycles. The maximum absolute atomic E-state index is 12.8. The highest BCUT2D eigenvalue weighted by Gasteiger charge is 2.48. The molecule has 2 aromatic rings. The van der Waals surface area contributed by atoms with E-state index in [0.29, 0.717) is 24.9 Å². The molecular formula is C23H25N5O6. The van der Waals surface area contributed by atoms with Gasteiger partial charge in [0.25, 0.3) is 5.91 Å².